The van der Waals surface area contributed by atoms with Crippen LogP contribution in [0, 0.1) is 6.92 Å². The van der Waals surface area contributed by atoms with Crippen molar-refractivity contribution in [3.8, 4) is 0 Å². The van der Waals surface area contributed by atoms with Crippen LogP contribution in [0.5, 0.6) is 0 Å². The van der Waals surface area contributed by atoms with E-state index in [1.807, 2.05) is 6.92 Å². The number of amides is 1. The maximum Gasteiger partial charge on any atom is 0.251 e. The molecule has 1 rings (SSSR count). The van der Waals surface area contributed by atoms with Crippen molar-refractivity contribution in [1.82, 2.24) is 5.32 Å². The maximum absolute atomic E-state index is 11.8. The predicted molar refractivity (Wildman–Crippen MR) is 65.8 cm³/mol. The highest BCUT2D eigenvalue weighted by molar-refractivity contribution is 5.96. The summed E-state index contributed by atoms with van der Waals surface area (Å²) in [6, 6.07) is 5.08. The zero-order valence-corrected chi connectivity index (χ0v) is 10.1. The fourth-order valence-electron chi connectivity index (χ4n) is 1.50. The van der Waals surface area contributed by atoms with Crippen LogP contribution in [0.2, 0.25) is 0 Å². The number of carbonyl (C=O) groups excluding carboxylic acids is 1. The van der Waals surface area contributed by atoms with Gasteiger partial charge in [-0.1, -0.05) is 0 Å². The first-order valence-corrected chi connectivity index (χ1v) is 5.36. The van der Waals surface area contributed by atoms with Gasteiger partial charge in [0.2, 0.25) is 0 Å². The molecule has 0 bridgehead atoms. The van der Waals surface area contributed by atoms with Gasteiger partial charge in [-0.3, -0.25) is 4.79 Å². The summed E-state index contributed by atoms with van der Waals surface area (Å²) in [7, 11) is 1.50. The van der Waals surface area contributed by atoms with Crippen LogP contribution in [0.4, 0.5) is 5.69 Å². The first-order valence-electron chi connectivity index (χ1n) is 5.36. The summed E-state index contributed by atoms with van der Waals surface area (Å²) in [6.45, 7) is 2.17. The van der Waals surface area contributed by atoms with E-state index in [9.17, 15) is 9.90 Å². The number of ether oxygens (including phenoxy) is 1. The molecule has 0 saturated heterocycles. The molecule has 0 fully saturated rings. The summed E-state index contributed by atoms with van der Waals surface area (Å²) in [5.74, 6) is -0.224. The molecule has 5 heteroatoms. The zero-order chi connectivity index (χ0) is 12.8. The summed E-state index contributed by atoms with van der Waals surface area (Å²) >= 11 is 0. The van der Waals surface area contributed by atoms with Crippen LogP contribution in [0.15, 0.2) is 18.2 Å². The average Bonchev–Trinajstić information content (AvgIpc) is 2.26. The van der Waals surface area contributed by atoms with E-state index < -0.39 is 6.10 Å². The lowest BCUT2D eigenvalue weighted by atomic mass is 10.1. The maximum atomic E-state index is 11.8. The quantitative estimate of drug-likeness (QED) is 0.645. The summed E-state index contributed by atoms with van der Waals surface area (Å²) in [6.07, 6.45) is -0.696. The zero-order valence-electron chi connectivity index (χ0n) is 10.1. The standard InChI is InChI=1S/C12H18N2O3/c1-8-5-9(13)3-4-11(8)12(16)14-6-10(15)7-17-2/h3-5,10,15H,6-7,13H2,1-2H3,(H,14,16). The van der Waals surface area contributed by atoms with Crippen LogP contribution in [-0.4, -0.2) is 37.4 Å². The highest BCUT2D eigenvalue weighted by Gasteiger charge is 2.10. The van der Waals surface area contributed by atoms with Gasteiger partial charge in [0.25, 0.3) is 5.91 Å². The number of hydrogen-bond donors (Lipinski definition) is 3. The lowest BCUT2D eigenvalue weighted by Gasteiger charge is -2.12. The highest BCUT2D eigenvalue weighted by Crippen LogP contribution is 2.12. The number of hydrogen-bond acceptors (Lipinski definition) is 4. The third-order valence-corrected chi connectivity index (χ3v) is 2.35. The number of methoxy groups -OCH3 is 1. The van der Waals surface area contributed by atoms with E-state index in [0.717, 1.165) is 5.56 Å². The number of nitrogens with two attached hydrogens (primary N) is 1. The summed E-state index contributed by atoms with van der Waals surface area (Å²) in [5.41, 5.74) is 7.59. The Morgan fingerprint density at radius 2 is 2.29 bits per heavy atom. The number of benzene rings is 1. The van der Waals surface area contributed by atoms with Crippen LogP contribution >= 0.6 is 0 Å². The van der Waals surface area contributed by atoms with E-state index >= 15 is 0 Å². The van der Waals surface area contributed by atoms with Gasteiger partial charge in [-0.2, -0.15) is 0 Å². The fraction of sp³-hybridized carbons (Fsp3) is 0.417. The number of rotatable bonds is 5. The Bertz CT molecular complexity index is 393. The van der Waals surface area contributed by atoms with Crippen LogP contribution in [0.25, 0.3) is 0 Å². The second-order valence-corrected chi connectivity index (χ2v) is 3.89. The van der Waals surface area contributed by atoms with Gasteiger partial charge in [-0.15, -0.1) is 0 Å². The second-order valence-electron chi connectivity index (χ2n) is 3.89. The minimum atomic E-state index is -0.696. The Balaban J connectivity index is 2.58. The van der Waals surface area contributed by atoms with E-state index in [0.29, 0.717) is 11.3 Å². The van der Waals surface area contributed by atoms with Crippen LogP contribution < -0.4 is 11.1 Å². The van der Waals surface area contributed by atoms with Gasteiger partial charge in [0, 0.05) is 24.9 Å². The summed E-state index contributed by atoms with van der Waals surface area (Å²) in [4.78, 5) is 11.8. The Kier molecular flexibility index (Phi) is 4.93. The minimum Gasteiger partial charge on any atom is -0.399 e. The monoisotopic (exact) mass is 238 g/mol. The SMILES string of the molecule is COCC(O)CNC(=O)c1ccc(N)cc1C. The molecule has 5 nitrogen and oxygen atoms in total. The summed E-state index contributed by atoms with van der Waals surface area (Å²) < 4.78 is 4.76. The average molecular weight is 238 g/mol. The Labute approximate surface area is 101 Å². The molecular weight excluding hydrogens is 220 g/mol. The number of nitrogen functional groups attached to an aromatic ring is 1. The number of aliphatic hydroxyl groups excluding tert-OH is 1. The molecule has 1 amide bonds. The van der Waals surface area contributed by atoms with E-state index in [4.69, 9.17) is 10.5 Å². The first kappa shape index (κ1) is 13.5. The molecule has 1 unspecified atom stereocenters. The second kappa shape index (κ2) is 6.22. The molecular formula is C12H18N2O3. The van der Waals surface area contributed by atoms with Crippen LogP contribution in [-0.2, 0) is 4.74 Å². The van der Waals surface area contributed by atoms with E-state index in [2.05, 4.69) is 5.32 Å². The fourth-order valence-corrected chi connectivity index (χ4v) is 1.50. The first-order chi connectivity index (χ1) is 8.04. The van der Waals surface area contributed by atoms with Crippen molar-refractivity contribution in [3.05, 3.63) is 29.3 Å². The lowest BCUT2D eigenvalue weighted by Crippen LogP contribution is -2.34. The molecule has 1 atom stereocenters. The van der Waals surface area contributed by atoms with Gasteiger partial charge in [-0.05, 0) is 30.7 Å². The molecule has 0 spiro atoms. The predicted octanol–water partition coefficient (Wildman–Crippen LogP) is 0.314. The number of aliphatic hydroxyl groups is 1. The van der Waals surface area contributed by atoms with Gasteiger partial charge in [0.05, 0.1) is 12.7 Å². The molecule has 0 aromatic heterocycles. The molecule has 0 heterocycles. The van der Waals surface area contributed by atoms with Crippen molar-refractivity contribution in [2.45, 2.75) is 13.0 Å². The number of anilines is 1. The van der Waals surface area contributed by atoms with Gasteiger partial charge in [-0.25, -0.2) is 0 Å². The van der Waals surface area contributed by atoms with E-state index in [1.165, 1.54) is 7.11 Å². The Hall–Kier alpha value is -1.59. The molecule has 94 valence electrons. The molecule has 1 aromatic carbocycles. The van der Waals surface area contributed by atoms with Crippen molar-refractivity contribution >= 4 is 11.6 Å². The smallest absolute Gasteiger partial charge is 0.251 e. The largest absolute Gasteiger partial charge is 0.399 e. The molecule has 4 N–H and O–H groups in total. The Morgan fingerprint density at radius 1 is 1.59 bits per heavy atom. The molecule has 0 aliphatic carbocycles. The van der Waals surface area contributed by atoms with Crippen LogP contribution in [0.1, 0.15) is 15.9 Å². The van der Waals surface area contributed by atoms with Crippen molar-refractivity contribution < 1.29 is 14.6 Å². The van der Waals surface area contributed by atoms with Crippen molar-refractivity contribution in [2.75, 3.05) is 26.0 Å². The van der Waals surface area contributed by atoms with Crippen molar-refractivity contribution in [1.29, 1.82) is 0 Å². The topological polar surface area (TPSA) is 84.6 Å². The van der Waals surface area contributed by atoms with Crippen molar-refractivity contribution in [3.63, 3.8) is 0 Å². The summed E-state index contributed by atoms with van der Waals surface area (Å²) in [5, 5.41) is 12.0. The lowest BCUT2D eigenvalue weighted by molar-refractivity contribution is 0.0609. The molecule has 0 saturated carbocycles. The van der Waals surface area contributed by atoms with Gasteiger partial charge < -0.3 is 20.9 Å². The van der Waals surface area contributed by atoms with E-state index in [-0.39, 0.29) is 19.1 Å². The van der Waals surface area contributed by atoms with Gasteiger partial charge in [0.1, 0.15) is 0 Å². The molecule has 0 aliphatic rings. The number of aryl methyl sites for hydroxylation is 1. The molecule has 0 aliphatic heterocycles. The highest BCUT2D eigenvalue weighted by atomic mass is 16.5. The molecule has 1 aromatic rings. The minimum absolute atomic E-state index is 0.163. The Morgan fingerprint density at radius 3 is 2.88 bits per heavy atom. The number of nitrogens with one attached hydrogen (secondary N) is 1. The number of carbonyl (C=O) groups is 1. The van der Waals surface area contributed by atoms with Crippen molar-refractivity contribution in [2.24, 2.45) is 0 Å². The third kappa shape index (κ3) is 4.05. The normalized spacial score (nSPS) is 12.2. The third-order valence-electron chi connectivity index (χ3n) is 2.35. The molecule has 17 heavy (non-hydrogen) atoms. The van der Waals surface area contributed by atoms with Gasteiger partial charge in [0.15, 0.2) is 0 Å². The van der Waals surface area contributed by atoms with E-state index in [1.54, 1.807) is 18.2 Å². The van der Waals surface area contributed by atoms with Crippen LogP contribution in [0.3, 0.4) is 0 Å². The van der Waals surface area contributed by atoms with Gasteiger partial charge >= 0.3 is 0 Å². The molecule has 0 radical (unpaired) electrons.